The summed E-state index contributed by atoms with van der Waals surface area (Å²) in [6, 6.07) is 10.0. The normalized spacial score (nSPS) is 14.3. The van der Waals surface area contributed by atoms with Crippen molar-refractivity contribution in [2.75, 3.05) is 13.2 Å². The fraction of sp³-hybridized carbons (Fsp3) is 0.312. The zero-order chi connectivity index (χ0) is 13.9. The van der Waals surface area contributed by atoms with Crippen LogP contribution < -0.4 is 10.1 Å². The number of hydrogen-bond donors (Lipinski definition) is 2. The number of ether oxygens (including phenoxy) is 1. The maximum absolute atomic E-state index is 9.17. The lowest BCUT2D eigenvalue weighted by Gasteiger charge is -2.10. The van der Waals surface area contributed by atoms with Crippen LogP contribution in [0.25, 0.3) is 11.3 Å². The minimum absolute atomic E-state index is 0.0630. The third kappa shape index (κ3) is 2.53. The highest BCUT2D eigenvalue weighted by Crippen LogP contribution is 2.27. The predicted molar refractivity (Wildman–Crippen MR) is 77.5 cm³/mol. The second kappa shape index (κ2) is 5.61. The fourth-order valence-electron chi connectivity index (χ4n) is 2.43. The molecule has 2 N–H and O–H groups in total. The van der Waals surface area contributed by atoms with Gasteiger partial charge in [-0.1, -0.05) is 24.3 Å². The topological polar surface area (TPSA) is 54.4 Å². The Balaban J connectivity index is 2.00. The van der Waals surface area contributed by atoms with Crippen LogP contribution in [0.15, 0.2) is 30.3 Å². The number of nitrogens with zero attached hydrogens (tertiary/aromatic N) is 1. The van der Waals surface area contributed by atoms with Gasteiger partial charge in [-0.25, -0.2) is 4.98 Å². The largest absolute Gasteiger partial charge is 0.476 e. The van der Waals surface area contributed by atoms with E-state index in [2.05, 4.69) is 16.4 Å². The van der Waals surface area contributed by atoms with E-state index in [-0.39, 0.29) is 6.61 Å². The van der Waals surface area contributed by atoms with Crippen LogP contribution in [0.5, 0.6) is 5.88 Å². The molecular formula is C16H18N2O2. The maximum atomic E-state index is 9.17. The minimum atomic E-state index is 0.0630. The third-order valence-corrected chi connectivity index (χ3v) is 3.52. The van der Waals surface area contributed by atoms with Crippen molar-refractivity contribution >= 4 is 0 Å². The number of aliphatic hydroxyl groups is 1. The number of rotatable bonds is 2. The van der Waals surface area contributed by atoms with Gasteiger partial charge < -0.3 is 15.2 Å². The predicted octanol–water partition coefficient (Wildman–Crippen LogP) is 2.03. The number of pyridine rings is 1. The first-order chi connectivity index (χ1) is 9.78. The summed E-state index contributed by atoms with van der Waals surface area (Å²) < 4.78 is 5.68. The number of aliphatic hydroxyl groups excluding tert-OH is 1. The SMILES string of the molecule is Cc1cc(CO)ccc1-c1ccc2c(n1)OCCNC2. The minimum Gasteiger partial charge on any atom is -0.476 e. The van der Waals surface area contributed by atoms with E-state index >= 15 is 0 Å². The van der Waals surface area contributed by atoms with Crippen LogP contribution in [0, 0.1) is 6.92 Å². The molecule has 1 aliphatic rings. The van der Waals surface area contributed by atoms with Crippen LogP contribution >= 0.6 is 0 Å². The van der Waals surface area contributed by atoms with Crippen LogP contribution in [0.1, 0.15) is 16.7 Å². The van der Waals surface area contributed by atoms with Gasteiger partial charge in [-0.3, -0.25) is 0 Å². The Kier molecular flexibility index (Phi) is 3.67. The molecule has 0 bridgehead atoms. The summed E-state index contributed by atoms with van der Waals surface area (Å²) in [5.41, 5.74) is 5.10. The third-order valence-electron chi connectivity index (χ3n) is 3.52. The van der Waals surface area contributed by atoms with Gasteiger partial charge in [0.1, 0.15) is 6.61 Å². The highest BCUT2D eigenvalue weighted by atomic mass is 16.5. The number of benzene rings is 1. The second-order valence-electron chi connectivity index (χ2n) is 4.99. The fourth-order valence-corrected chi connectivity index (χ4v) is 2.43. The molecule has 1 aromatic carbocycles. The molecule has 4 heteroatoms. The molecule has 1 aliphatic heterocycles. The van der Waals surface area contributed by atoms with Crippen molar-refractivity contribution in [3.8, 4) is 17.1 Å². The van der Waals surface area contributed by atoms with Crippen molar-refractivity contribution in [2.24, 2.45) is 0 Å². The van der Waals surface area contributed by atoms with Crippen LogP contribution in [-0.2, 0) is 13.2 Å². The maximum Gasteiger partial charge on any atom is 0.218 e. The summed E-state index contributed by atoms with van der Waals surface area (Å²) in [6.07, 6.45) is 0. The van der Waals surface area contributed by atoms with Crippen molar-refractivity contribution in [3.63, 3.8) is 0 Å². The van der Waals surface area contributed by atoms with E-state index in [9.17, 15) is 5.11 Å². The van der Waals surface area contributed by atoms with Gasteiger partial charge in [-0.05, 0) is 24.1 Å². The highest BCUT2D eigenvalue weighted by molar-refractivity contribution is 5.65. The smallest absolute Gasteiger partial charge is 0.218 e. The second-order valence-corrected chi connectivity index (χ2v) is 4.99. The molecule has 0 fully saturated rings. The standard InChI is InChI=1S/C16H18N2O2/c1-11-8-12(10-19)2-4-14(11)15-5-3-13-9-17-6-7-20-16(13)18-15/h2-5,8,17,19H,6-7,9-10H2,1H3. The average molecular weight is 270 g/mol. The summed E-state index contributed by atoms with van der Waals surface area (Å²) in [5.74, 6) is 0.720. The molecule has 1 aromatic heterocycles. The number of aryl methyl sites for hydroxylation is 1. The summed E-state index contributed by atoms with van der Waals surface area (Å²) in [6.45, 7) is 4.38. The van der Waals surface area contributed by atoms with Crippen molar-refractivity contribution < 1.29 is 9.84 Å². The molecule has 0 saturated carbocycles. The summed E-state index contributed by atoms with van der Waals surface area (Å²) in [7, 11) is 0. The Bertz CT molecular complexity index is 626. The molecule has 0 spiro atoms. The molecule has 2 heterocycles. The Morgan fingerprint density at radius 3 is 3.00 bits per heavy atom. The first kappa shape index (κ1) is 13.1. The first-order valence-electron chi connectivity index (χ1n) is 6.82. The molecule has 0 aliphatic carbocycles. The Morgan fingerprint density at radius 1 is 1.30 bits per heavy atom. The number of nitrogens with one attached hydrogen (secondary N) is 1. The van der Waals surface area contributed by atoms with E-state index in [4.69, 9.17) is 4.74 Å². The molecule has 0 saturated heterocycles. The monoisotopic (exact) mass is 270 g/mol. The van der Waals surface area contributed by atoms with Gasteiger partial charge in [0.2, 0.25) is 5.88 Å². The van der Waals surface area contributed by atoms with Gasteiger partial charge in [-0.15, -0.1) is 0 Å². The van der Waals surface area contributed by atoms with Crippen molar-refractivity contribution in [1.29, 1.82) is 0 Å². The van der Waals surface area contributed by atoms with Gasteiger partial charge in [-0.2, -0.15) is 0 Å². The van der Waals surface area contributed by atoms with Crippen LogP contribution in [0.2, 0.25) is 0 Å². The van der Waals surface area contributed by atoms with Crippen molar-refractivity contribution in [2.45, 2.75) is 20.1 Å². The molecule has 0 atom stereocenters. The molecule has 4 nitrogen and oxygen atoms in total. The molecular weight excluding hydrogens is 252 g/mol. The molecule has 104 valence electrons. The molecule has 2 aromatic rings. The summed E-state index contributed by atoms with van der Waals surface area (Å²) in [5, 5.41) is 12.5. The van der Waals surface area contributed by atoms with Gasteiger partial charge in [0, 0.05) is 24.2 Å². The Hall–Kier alpha value is -1.91. The van der Waals surface area contributed by atoms with E-state index in [0.29, 0.717) is 6.61 Å². The lowest BCUT2D eigenvalue weighted by atomic mass is 10.0. The van der Waals surface area contributed by atoms with E-state index in [1.54, 1.807) is 0 Å². The Morgan fingerprint density at radius 2 is 2.20 bits per heavy atom. The van der Waals surface area contributed by atoms with Gasteiger partial charge in [0.05, 0.1) is 12.3 Å². The van der Waals surface area contributed by atoms with Crippen molar-refractivity contribution in [3.05, 3.63) is 47.0 Å². The van der Waals surface area contributed by atoms with E-state index in [1.807, 2.05) is 31.2 Å². The molecule has 0 amide bonds. The van der Waals surface area contributed by atoms with Crippen LogP contribution in [0.4, 0.5) is 0 Å². The molecule has 0 radical (unpaired) electrons. The van der Waals surface area contributed by atoms with Crippen LogP contribution in [-0.4, -0.2) is 23.2 Å². The molecule has 0 unspecified atom stereocenters. The van der Waals surface area contributed by atoms with Gasteiger partial charge >= 0.3 is 0 Å². The first-order valence-corrected chi connectivity index (χ1v) is 6.82. The quantitative estimate of drug-likeness (QED) is 0.876. The van der Waals surface area contributed by atoms with Crippen LogP contribution in [0.3, 0.4) is 0 Å². The number of aromatic nitrogens is 1. The number of hydrogen-bond acceptors (Lipinski definition) is 4. The lowest BCUT2D eigenvalue weighted by molar-refractivity contribution is 0.282. The zero-order valence-electron chi connectivity index (χ0n) is 11.5. The van der Waals surface area contributed by atoms with Gasteiger partial charge in [0.25, 0.3) is 0 Å². The lowest BCUT2D eigenvalue weighted by Crippen LogP contribution is -2.16. The zero-order valence-corrected chi connectivity index (χ0v) is 11.5. The number of fused-ring (bicyclic) bond motifs is 1. The van der Waals surface area contributed by atoms with E-state index < -0.39 is 0 Å². The van der Waals surface area contributed by atoms with Crippen molar-refractivity contribution in [1.82, 2.24) is 10.3 Å². The summed E-state index contributed by atoms with van der Waals surface area (Å²) in [4.78, 5) is 4.64. The highest BCUT2D eigenvalue weighted by Gasteiger charge is 2.12. The molecule has 3 rings (SSSR count). The summed E-state index contributed by atoms with van der Waals surface area (Å²) >= 11 is 0. The van der Waals surface area contributed by atoms with E-state index in [0.717, 1.165) is 46.9 Å². The van der Waals surface area contributed by atoms with Gasteiger partial charge in [0.15, 0.2) is 0 Å². The average Bonchev–Trinajstić information content (AvgIpc) is 2.71. The molecule has 20 heavy (non-hydrogen) atoms. The van der Waals surface area contributed by atoms with E-state index in [1.165, 1.54) is 0 Å². The Labute approximate surface area is 118 Å².